The molecule has 0 N–H and O–H groups in total. The first-order valence-electron chi connectivity index (χ1n) is 5.00. The number of halogens is 1. The Bertz CT molecular complexity index is 266. The van der Waals surface area contributed by atoms with E-state index in [1.54, 1.807) is 0 Å². The monoisotopic (exact) mass is 195 g/mol. The molecule has 0 bridgehead atoms. The lowest BCUT2D eigenvalue weighted by Gasteiger charge is -2.15. The highest BCUT2D eigenvalue weighted by molar-refractivity contribution is 5.19. The molecule has 2 heteroatoms. The summed E-state index contributed by atoms with van der Waals surface area (Å²) < 4.78 is 12.7. The fraction of sp³-hybridized carbons (Fsp3) is 0.500. The van der Waals surface area contributed by atoms with Crippen molar-refractivity contribution >= 4 is 0 Å². The summed E-state index contributed by atoms with van der Waals surface area (Å²) in [5, 5.41) is 0. The van der Waals surface area contributed by atoms with Crippen LogP contribution in [0.25, 0.3) is 0 Å². The number of nitrogens with zero attached hydrogens (tertiary/aromatic N) is 1. The average Bonchev–Trinajstić information content (AvgIpc) is 2.15. The molecule has 0 spiro atoms. The van der Waals surface area contributed by atoms with Crippen molar-refractivity contribution in [1.82, 2.24) is 4.90 Å². The van der Waals surface area contributed by atoms with E-state index in [-0.39, 0.29) is 5.82 Å². The minimum atomic E-state index is -0.159. The predicted octanol–water partition coefficient (Wildman–Crippen LogP) is 2.88. The van der Waals surface area contributed by atoms with Crippen LogP contribution in [-0.4, -0.2) is 25.5 Å². The fourth-order valence-corrected chi connectivity index (χ4v) is 1.41. The fourth-order valence-electron chi connectivity index (χ4n) is 1.41. The van der Waals surface area contributed by atoms with Gasteiger partial charge in [0, 0.05) is 0 Å². The zero-order valence-electron chi connectivity index (χ0n) is 9.13. The third kappa shape index (κ3) is 3.46. The summed E-state index contributed by atoms with van der Waals surface area (Å²) in [7, 11) is 4.13. The van der Waals surface area contributed by atoms with Crippen LogP contribution in [-0.2, 0) is 0 Å². The number of hydrogen-bond acceptors (Lipinski definition) is 1. The summed E-state index contributed by atoms with van der Waals surface area (Å²) >= 11 is 0. The summed E-state index contributed by atoms with van der Waals surface area (Å²) in [6.07, 6.45) is 1.11. The van der Waals surface area contributed by atoms with E-state index in [1.165, 1.54) is 17.7 Å². The van der Waals surface area contributed by atoms with E-state index in [0.29, 0.717) is 5.92 Å². The Labute approximate surface area is 85.5 Å². The molecule has 1 aromatic carbocycles. The molecule has 0 radical (unpaired) electrons. The van der Waals surface area contributed by atoms with Crippen molar-refractivity contribution in [3.05, 3.63) is 35.6 Å². The Morgan fingerprint density at radius 1 is 1.21 bits per heavy atom. The van der Waals surface area contributed by atoms with Crippen molar-refractivity contribution in [2.24, 2.45) is 0 Å². The summed E-state index contributed by atoms with van der Waals surface area (Å²) in [4.78, 5) is 2.17. The molecule has 0 aliphatic rings. The molecule has 0 heterocycles. The molecule has 0 saturated heterocycles. The summed E-state index contributed by atoms with van der Waals surface area (Å²) in [5.74, 6) is 0.339. The molecule has 14 heavy (non-hydrogen) atoms. The van der Waals surface area contributed by atoms with Gasteiger partial charge in [0.15, 0.2) is 0 Å². The first-order chi connectivity index (χ1) is 6.59. The van der Waals surface area contributed by atoms with Crippen LogP contribution in [0.1, 0.15) is 24.8 Å². The van der Waals surface area contributed by atoms with Crippen molar-refractivity contribution in [1.29, 1.82) is 0 Å². The molecule has 0 amide bonds. The zero-order valence-corrected chi connectivity index (χ0v) is 9.13. The van der Waals surface area contributed by atoms with Gasteiger partial charge in [-0.25, -0.2) is 4.39 Å². The number of rotatable bonds is 4. The van der Waals surface area contributed by atoms with E-state index >= 15 is 0 Å². The van der Waals surface area contributed by atoms with E-state index in [1.807, 2.05) is 12.1 Å². The van der Waals surface area contributed by atoms with Gasteiger partial charge in [0.25, 0.3) is 0 Å². The highest BCUT2D eigenvalue weighted by atomic mass is 19.1. The molecule has 0 aliphatic heterocycles. The Morgan fingerprint density at radius 3 is 2.29 bits per heavy atom. The van der Waals surface area contributed by atoms with Gasteiger partial charge >= 0.3 is 0 Å². The van der Waals surface area contributed by atoms with E-state index in [9.17, 15) is 4.39 Å². The van der Waals surface area contributed by atoms with Gasteiger partial charge in [-0.1, -0.05) is 19.1 Å². The van der Waals surface area contributed by atoms with Crippen LogP contribution >= 0.6 is 0 Å². The summed E-state index contributed by atoms with van der Waals surface area (Å²) in [5.41, 5.74) is 1.22. The van der Waals surface area contributed by atoms with Gasteiger partial charge in [0.1, 0.15) is 5.82 Å². The molecular weight excluding hydrogens is 177 g/mol. The van der Waals surface area contributed by atoms with Gasteiger partial charge in [-0.05, 0) is 50.7 Å². The molecule has 0 aromatic heterocycles. The van der Waals surface area contributed by atoms with E-state index in [4.69, 9.17) is 0 Å². The Balaban J connectivity index is 2.52. The van der Waals surface area contributed by atoms with Crippen molar-refractivity contribution in [2.75, 3.05) is 20.6 Å². The van der Waals surface area contributed by atoms with E-state index in [2.05, 4.69) is 25.9 Å². The smallest absolute Gasteiger partial charge is 0.123 e. The maximum atomic E-state index is 12.7. The molecule has 78 valence electrons. The van der Waals surface area contributed by atoms with Gasteiger partial charge in [-0.3, -0.25) is 0 Å². The molecule has 1 unspecified atom stereocenters. The first kappa shape index (κ1) is 11.2. The average molecular weight is 195 g/mol. The molecule has 0 saturated carbocycles. The molecule has 0 fully saturated rings. The lowest BCUT2D eigenvalue weighted by atomic mass is 9.98. The van der Waals surface area contributed by atoms with Crippen LogP contribution in [0.15, 0.2) is 24.3 Å². The van der Waals surface area contributed by atoms with Crippen molar-refractivity contribution in [2.45, 2.75) is 19.3 Å². The normalized spacial score (nSPS) is 13.2. The quantitative estimate of drug-likeness (QED) is 0.714. The van der Waals surface area contributed by atoms with Crippen molar-refractivity contribution in [3.63, 3.8) is 0 Å². The van der Waals surface area contributed by atoms with Crippen LogP contribution in [0.4, 0.5) is 4.39 Å². The van der Waals surface area contributed by atoms with Gasteiger partial charge in [0.05, 0.1) is 0 Å². The van der Waals surface area contributed by atoms with Gasteiger partial charge in [-0.15, -0.1) is 0 Å². The first-order valence-corrected chi connectivity index (χ1v) is 5.00. The second-order valence-corrected chi connectivity index (χ2v) is 4.04. The Morgan fingerprint density at radius 2 is 1.79 bits per heavy atom. The number of benzene rings is 1. The Hall–Kier alpha value is -0.890. The lowest BCUT2D eigenvalue weighted by molar-refractivity contribution is 0.386. The molecular formula is C12H18FN. The molecule has 1 aromatic rings. The van der Waals surface area contributed by atoms with E-state index < -0.39 is 0 Å². The minimum absolute atomic E-state index is 0.159. The van der Waals surface area contributed by atoms with Crippen LogP contribution in [0.2, 0.25) is 0 Å². The predicted molar refractivity (Wildman–Crippen MR) is 58.0 cm³/mol. The van der Waals surface area contributed by atoms with Crippen molar-refractivity contribution in [3.8, 4) is 0 Å². The highest BCUT2D eigenvalue weighted by Crippen LogP contribution is 2.18. The Kier molecular flexibility index (Phi) is 4.08. The largest absolute Gasteiger partial charge is 0.309 e. The van der Waals surface area contributed by atoms with Crippen LogP contribution in [0.5, 0.6) is 0 Å². The van der Waals surface area contributed by atoms with Crippen LogP contribution in [0.3, 0.4) is 0 Å². The summed E-state index contributed by atoms with van der Waals surface area (Å²) in [6.45, 7) is 3.25. The van der Waals surface area contributed by atoms with Crippen LogP contribution < -0.4 is 0 Å². The summed E-state index contributed by atoms with van der Waals surface area (Å²) in [6, 6.07) is 6.80. The second kappa shape index (κ2) is 5.11. The number of hydrogen-bond donors (Lipinski definition) is 0. The zero-order chi connectivity index (χ0) is 10.6. The molecule has 0 aliphatic carbocycles. The van der Waals surface area contributed by atoms with Gasteiger partial charge in [0.2, 0.25) is 0 Å². The maximum Gasteiger partial charge on any atom is 0.123 e. The molecule has 1 nitrogen and oxygen atoms in total. The van der Waals surface area contributed by atoms with Gasteiger partial charge in [-0.2, -0.15) is 0 Å². The maximum absolute atomic E-state index is 12.7. The SMILES string of the molecule is CC(CCN(C)C)c1ccc(F)cc1. The topological polar surface area (TPSA) is 3.24 Å². The van der Waals surface area contributed by atoms with Crippen molar-refractivity contribution < 1.29 is 4.39 Å². The molecule has 1 rings (SSSR count). The third-order valence-electron chi connectivity index (χ3n) is 2.45. The van der Waals surface area contributed by atoms with E-state index in [0.717, 1.165) is 13.0 Å². The standard InChI is InChI=1S/C12H18FN/c1-10(8-9-14(2)3)11-4-6-12(13)7-5-11/h4-7,10H,8-9H2,1-3H3. The van der Waals surface area contributed by atoms with Gasteiger partial charge < -0.3 is 4.90 Å². The third-order valence-corrected chi connectivity index (χ3v) is 2.45. The van der Waals surface area contributed by atoms with Crippen LogP contribution in [0, 0.1) is 5.82 Å². The lowest BCUT2D eigenvalue weighted by Crippen LogP contribution is -2.15. The minimum Gasteiger partial charge on any atom is -0.309 e. The molecule has 1 atom stereocenters. The highest BCUT2D eigenvalue weighted by Gasteiger charge is 2.05. The second-order valence-electron chi connectivity index (χ2n) is 4.04.